The summed E-state index contributed by atoms with van der Waals surface area (Å²) in [5, 5.41) is 16.9. The van der Waals surface area contributed by atoms with Crippen LogP contribution in [0.3, 0.4) is 0 Å². The molecule has 2 N–H and O–H groups in total. The number of carbonyl (C=O) groups excluding carboxylic acids is 1. The van der Waals surface area contributed by atoms with Gasteiger partial charge in [0, 0.05) is 6.42 Å². The van der Waals surface area contributed by atoms with Crippen molar-refractivity contribution in [3.8, 4) is 0 Å². The van der Waals surface area contributed by atoms with Crippen LogP contribution in [0.4, 0.5) is 4.79 Å². The lowest BCUT2D eigenvalue weighted by Crippen LogP contribution is -2.41. The molecule has 0 aromatic rings. The van der Waals surface area contributed by atoms with Gasteiger partial charge in [0.1, 0.15) is 6.04 Å². The Morgan fingerprint density at radius 2 is 2.00 bits per heavy atom. The minimum Gasteiger partial charge on any atom is -0.480 e. The SMILES string of the molecule is O=C(O)[C@@H]1CCC(=O)N1C(=O)O. The maximum absolute atomic E-state index is 10.8. The zero-order chi connectivity index (χ0) is 9.30. The van der Waals surface area contributed by atoms with Crippen molar-refractivity contribution in [1.29, 1.82) is 0 Å². The molecule has 1 atom stereocenters. The molecule has 66 valence electrons. The molecule has 0 saturated carbocycles. The number of amides is 2. The number of imide groups is 1. The van der Waals surface area contributed by atoms with Crippen LogP contribution in [-0.2, 0) is 9.59 Å². The third-order valence-electron chi connectivity index (χ3n) is 1.70. The monoisotopic (exact) mass is 173 g/mol. The summed E-state index contributed by atoms with van der Waals surface area (Å²) < 4.78 is 0. The number of carbonyl (C=O) groups is 3. The van der Waals surface area contributed by atoms with Gasteiger partial charge in [-0.25, -0.2) is 14.5 Å². The van der Waals surface area contributed by atoms with Crippen molar-refractivity contribution < 1.29 is 24.6 Å². The Kier molecular flexibility index (Phi) is 1.99. The van der Waals surface area contributed by atoms with Crippen molar-refractivity contribution in [3.05, 3.63) is 0 Å². The molecule has 1 aliphatic heterocycles. The molecule has 0 unspecified atom stereocenters. The smallest absolute Gasteiger partial charge is 0.414 e. The van der Waals surface area contributed by atoms with E-state index in [-0.39, 0.29) is 12.8 Å². The molecule has 0 aromatic carbocycles. The normalized spacial score (nSPS) is 22.8. The molecule has 0 radical (unpaired) electrons. The van der Waals surface area contributed by atoms with Crippen LogP contribution in [0.1, 0.15) is 12.8 Å². The molecule has 0 aromatic heterocycles. The molecule has 1 saturated heterocycles. The third-order valence-corrected chi connectivity index (χ3v) is 1.70. The highest BCUT2D eigenvalue weighted by Gasteiger charge is 2.40. The van der Waals surface area contributed by atoms with E-state index in [1.807, 2.05) is 0 Å². The first-order valence-electron chi connectivity index (χ1n) is 3.32. The van der Waals surface area contributed by atoms with Crippen LogP contribution in [0.15, 0.2) is 0 Å². The van der Waals surface area contributed by atoms with Crippen molar-refractivity contribution in [3.63, 3.8) is 0 Å². The molecular formula is C6H7NO5. The van der Waals surface area contributed by atoms with Gasteiger partial charge in [0.15, 0.2) is 0 Å². The number of aliphatic carboxylic acids is 1. The number of nitrogens with zero attached hydrogens (tertiary/aromatic N) is 1. The number of likely N-dealkylation sites (tertiary alicyclic amines) is 1. The first kappa shape index (κ1) is 8.51. The van der Waals surface area contributed by atoms with E-state index in [1.54, 1.807) is 0 Å². The minimum absolute atomic E-state index is 0.0106. The topological polar surface area (TPSA) is 94.9 Å². The summed E-state index contributed by atoms with van der Waals surface area (Å²) in [6, 6.07) is -1.20. The fourth-order valence-corrected chi connectivity index (χ4v) is 1.16. The van der Waals surface area contributed by atoms with E-state index in [1.165, 1.54) is 0 Å². The number of carboxylic acids is 1. The number of rotatable bonds is 1. The van der Waals surface area contributed by atoms with Crippen LogP contribution in [0, 0.1) is 0 Å². The lowest BCUT2D eigenvalue weighted by molar-refractivity contribution is -0.144. The fourth-order valence-electron chi connectivity index (χ4n) is 1.16. The lowest BCUT2D eigenvalue weighted by atomic mass is 10.2. The van der Waals surface area contributed by atoms with Crippen molar-refractivity contribution in [2.75, 3.05) is 0 Å². The van der Waals surface area contributed by atoms with Crippen molar-refractivity contribution >= 4 is 18.0 Å². The van der Waals surface area contributed by atoms with Crippen LogP contribution < -0.4 is 0 Å². The van der Waals surface area contributed by atoms with Crippen molar-refractivity contribution in [2.24, 2.45) is 0 Å². The van der Waals surface area contributed by atoms with E-state index in [9.17, 15) is 14.4 Å². The Bertz CT molecular complexity index is 248. The van der Waals surface area contributed by atoms with Crippen molar-refractivity contribution in [2.45, 2.75) is 18.9 Å². The van der Waals surface area contributed by atoms with Gasteiger partial charge in [-0.1, -0.05) is 0 Å². The molecule has 0 spiro atoms. The largest absolute Gasteiger partial charge is 0.480 e. The Morgan fingerprint density at radius 3 is 2.33 bits per heavy atom. The minimum atomic E-state index is -1.50. The van der Waals surface area contributed by atoms with Crippen LogP contribution in [0.5, 0.6) is 0 Å². The standard InChI is InChI=1S/C6H7NO5/c8-4-2-1-3(5(9)10)7(4)6(11)12/h3H,1-2H2,(H,9,10)(H,11,12)/t3-/m0/s1. The van der Waals surface area contributed by atoms with Gasteiger partial charge in [0.2, 0.25) is 5.91 Å². The van der Waals surface area contributed by atoms with E-state index < -0.39 is 24.0 Å². The zero-order valence-corrected chi connectivity index (χ0v) is 6.06. The van der Waals surface area contributed by atoms with Gasteiger partial charge in [-0.15, -0.1) is 0 Å². The number of hydrogen-bond acceptors (Lipinski definition) is 3. The molecule has 1 aliphatic rings. The van der Waals surface area contributed by atoms with Crippen LogP contribution >= 0.6 is 0 Å². The Hall–Kier alpha value is -1.59. The summed E-state index contributed by atoms with van der Waals surface area (Å²) in [6.07, 6.45) is -1.44. The molecule has 1 heterocycles. The lowest BCUT2D eigenvalue weighted by Gasteiger charge is -2.14. The summed E-state index contributed by atoms with van der Waals surface area (Å²) in [5.41, 5.74) is 0. The van der Waals surface area contributed by atoms with Gasteiger partial charge in [0.05, 0.1) is 0 Å². The Labute approximate surface area is 67.4 Å². The molecule has 1 fully saturated rings. The first-order chi connectivity index (χ1) is 5.54. The maximum Gasteiger partial charge on any atom is 0.414 e. The van der Waals surface area contributed by atoms with Gasteiger partial charge >= 0.3 is 12.1 Å². The second-order valence-corrected chi connectivity index (χ2v) is 2.44. The van der Waals surface area contributed by atoms with Crippen LogP contribution in [0.2, 0.25) is 0 Å². The summed E-state index contributed by atoms with van der Waals surface area (Å²) in [5.74, 6) is -1.92. The highest BCUT2D eigenvalue weighted by Crippen LogP contribution is 2.18. The third kappa shape index (κ3) is 1.23. The van der Waals surface area contributed by atoms with Gasteiger partial charge in [-0.05, 0) is 6.42 Å². The maximum atomic E-state index is 10.8. The van der Waals surface area contributed by atoms with Crippen LogP contribution in [-0.4, -0.2) is 39.1 Å². The Balaban J connectivity index is 2.84. The van der Waals surface area contributed by atoms with E-state index in [0.717, 1.165) is 0 Å². The highest BCUT2D eigenvalue weighted by molar-refractivity contribution is 5.98. The van der Waals surface area contributed by atoms with E-state index >= 15 is 0 Å². The van der Waals surface area contributed by atoms with E-state index in [0.29, 0.717) is 4.90 Å². The molecule has 1 rings (SSSR count). The summed E-state index contributed by atoms with van der Waals surface area (Å²) in [6.45, 7) is 0. The average Bonchev–Trinajstić information content (AvgIpc) is 2.30. The summed E-state index contributed by atoms with van der Waals surface area (Å²) >= 11 is 0. The van der Waals surface area contributed by atoms with Gasteiger partial charge in [-0.2, -0.15) is 0 Å². The van der Waals surface area contributed by atoms with Gasteiger partial charge in [0.25, 0.3) is 0 Å². The second-order valence-electron chi connectivity index (χ2n) is 2.44. The molecule has 0 bridgehead atoms. The van der Waals surface area contributed by atoms with Crippen molar-refractivity contribution in [1.82, 2.24) is 4.90 Å². The van der Waals surface area contributed by atoms with Crippen LogP contribution in [0.25, 0.3) is 0 Å². The van der Waals surface area contributed by atoms with E-state index in [4.69, 9.17) is 10.2 Å². The summed E-state index contributed by atoms with van der Waals surface area (Å²) in [7, 11) is 0. The predicted molar refractivity (Wildman–Crippen MR) is 35.5 cm³/mol. The second kappa shape index (κ2) is 2.80. The highest BCUT2D eigenvalue weighted by atomic mass is 16.4. The Morgan fingerprint density at radius 1 is 1.42 bits per heavy atom. The molecular weight excluding hydrogens is 166 g/mol. The van der Waals surface area contributed by atoms with Gasteiger partial charge in [-0.3, -0.25) is 4.79 Å². The number of hydrogen-bond donors (Lipinski definition) is 2. The zero-order valence-electron chi connectivity index (χ0n) is 6.06. The predicted octanol–water partition coefficient (Wildman–Crippen LogP) is -0.260. The molecule has 6 heteroatoms. The molecule has 12 heavy (non-hydrogen) atoms. The van der Waals surface area contributed by atoms with Gasteiger partial charge < -0.3 is 10.2 Å². The number of carboxylic acid groups (broad SMARTS) is 2. The fraction of sp³-hybridized carbons (Fsp3) is 0.500. The first-order valence-corrected chi connectivity index (χ1v) is 3.32. The quantitative estimate of drug-likeness (QED) is 0.569. The molecule has 2 amide bonds. The average molecular weight is 173 g/mol. The molecule has 6 nitrogen and oxygen atoms in total. The van der Waals surface area contributed by atoms with E-state index in [2.05, 4.69) is 0 Å². The molecule has 0 aliphatic carbocycles. The summed E-state index contributed by atoms with van der Waals surface area (Å²) in [4.78, 5) is 31.9.